The van der Waals surface area contributed by atoms with Crippen molar-refractivity contribution < 1.29 is 14.3 Å². The van der Waals surface area contributed by atoms with E-state index in [1.165, 1.54) is 5.56 Å². The van der Waals surface area contributed by atoms with E-state index >= 15 is 0 Å². The number of carbonyl (C=O) groups excluding carboxylic acids is 2. The standard InChI is InChI=1S/C31H28N2O3/c1-22-9-8-12-25(19-22)30-28-20-27(36-21-29(34)32-26-13-6-3-7-14-26)16-15-23(28)17-18-33(30)31(35)24-10-4-2-5-11-24/h2-16,19-20,30H,17-18,21H2,1H3,(H,32,34)/t30-/m1/s1. The van der Waals surface area contributed by atoms with Crippen molar-refractivity contribution in [3.05, 3.63) is 131 Å². The molecule has 1 atom stereocenters. The van der Waals surface area contributed by atoms with E-state index < -0.39 is 0 Å². The lowest BCUT2D eigenvalue weighted by molar-refractivity contribution is -0.118. The van der Waals surface area contributed by atoms with Gasteiger partial charge in [0.15, 0.2) is 6.61 Å². The smallest absolute Gasteiger partial charge is 0.262 e. The summed E-state index contributed by atoms with van der Waals surface area (Å²) in [6, 6.07) is 32.7. The Kier molecular flexibility index (Phi) is 6.80. The Morgan fingerprint density at radius 2 is 1.64 bits per heavy atom. The fourth-order valence-corrected chi connectivity index (χ4v) is 4.72. The Hall–Kier alpha value is -4.38. The highest BCUT2D eigenvalue weighted by atomic mass is 16.5. The maximum absolute atomic E-state index is 13.6. The summed E-state index contributed by atoms with van der Waals surface area (Å²) in [5.74, 6) is 0.375. The van der Waals surface area contributed by atoms with Gasteiger partial charge < -0.3 is 15.0 Å². The zero-order valence-electron chi connectivity index (χ0n) is 20.2. The quantitative estimate of drug-likeness (QED) is 0.383. The molecule has 36 heavy (non-hydrogen) atoms. The van der Waals surface area contributed by atoms with Crippen molar-refractivity contribution in [1.82, 2.24) is 4.90 Å². The molecule has 0 aromatic heterocycles. The van der Waals surface area contributed by atoms with E-state index in [0.717, 1.165) is 28.8 Å². The molecule has 0 spiro atoms. The van der Waals surface area contributed by atoms with Crippen LogP contribution in [0.15, 0.2) is 103 Å². The van der Waals surface area contributed by atoms with Crippen LogP contribution in [0.2, 0.25) is 0 Å². The Balaban J connectivity index is 1.43. The van der Waals surface area contributed by atoms with Crippen molar-refractivity contribution in [2.75, 3.05) is 18.5 Å². The van der Waals surface area contributed by atoms with Crippen molar-refractivity contribution in [3.63, 3.8) is 0 Å². The molecule has 5 rings (SSSR count). The highest BCUT2D eigenvalue weighted by Crippen LogP contribution is 2.38. The summed E-state index contributed by atoms with van der Waals surface area (Å²) in [4.78, 5) is 27.9. The molecule has 5 heteroatoms. The second-order valence-corrected chi connectivity index (χ2v) is 8.99. The van der Waals surface area contributed by atoms with Gasteiger partial charge in [-0.2, -0.15) is 0 Å². The molecule has 0 unspecified atom stereocenters. The van der Waals surface area contributed by atoms with Crippen LogP contribution in [-0.4, -0.2) is 29.9 Å². The van der Waals surface area contributed by atoms with Crippen LogP contribution in [0.25, 0.3) is 0 Å². The number of nitrogens with one attached hydrogen (secondary N) is 1. The second-order valence-electron chi connectivity index (χ2n) is 8.99. The zero-order chi connectivity index (χ0) is 24.9. The van der Waals surface area contributed by atoms with Crippen molar-refractivity contribution in [2.24, 2.45) is 0 Å². The molecular weight excluding hydrogens is 448 g/mol. The second kappa shape index (κ2) is 10.5. The van der Waals surface area contributed by atoms with Gasteiger partial charge in [0.05, 0.1) is 6.04 Å². The number of hydrogen-bond donors (Lipinski definition) is 1. The first-order valence-corrected chi connectivity index (χ1v) is 12.1. The number of carbonyl (C=O) groups is 2. The summed E-state index contributed by atoms with van der Waals surface area (Å²) in [7, 11) is 0. The van der Waals surface area contributed by atoms with Crippen LogP contribution >= 0.6 is 0 Å². The minimum absolute atomic E-state index is 0.00122. The number of para-hydroxylation sites is 1. The molecule has 0 fully saturated rings. The number of hydrogen-bond acceptors (Lipinski definition) is 3. The molecule has 5 nitrogen and oxygen atoms in total. The number of ether oxygens (including phenoxy) is 1. The maximum atomic E-state index is 13.6. The lowest BCUT2D eigenvalue weighted by Crippen LogP contribution is -2.40. The van der Waals surface area contributed by atoms with E-state index in [1.54, 1.807) is 0 Å². The largest absolute Gasteiger partial charge is 0.484 e. The van der Waals surface area contributed by atoms with Crippen LogP contribution in [0.4, 0.5) is 5.69 Å². The van der Waals surface area contributed by atoms with Gasteiger partial charge >= 0.3 is 0 Å². The molecule has 4 aromatic carbocycles. The van der Waals surface area contributed by atoms with Crippen molar-refractivity contribution in [3.8, 4) is 5.75 Å². The molecule has 4 aromatic rings. The van der Waals surface area contributed by atoms with Crippen LogP contribution in [-0.2, 0) is 11.2 Å². The Morgan fingerprint density at radius 3 is 2.39 bits per heavy atom. The number of rotatable bonds is 6. The average molecular weight is 477 g/mol. The fourth-order valence-electron chi connectivity index (χ4n) is 4.72. The first-order valence-electron chi connectivity index (χ1n) is 12.1. The van der Waals surface area contributed by atoms with Crippen LogP contribution in [0, 0.1) is 6.92 Å². The van der Waals surface area contributed by atoms with E-state index in [2.05, 4.69) is 30.4 Å². The van der Waals surface area contributed by atoms with Crippen molar-refractivity contribution in [1.29, 1.82) is 0 Å². The Bertz CT molecular complexity index is 1370. The molecule has 2 amide bonds. The number of amides is 2. The van der Waals surface area contributed by atoms with Crippen LogP contribution in [0.5, 0.6) is 5.75 Å². The molecule has 0 bridgehead atoms. The maximum Gasteiger partial charge on any atom is 0.262 e. The van der Waals surface area contributed by atoms with E-state index in [-0.39, 0.29) is 24.5 Å². The molecule has 0 saturated carbocycles. The van der Waals surface area contributed by atoms with Crippen LogP contribution in [0.1, 0.15) is 38.7 Å². The minimum Gasteiger partial charge on any atom is -0.484 e. The molecule has 1 aliphatic rings. The third-order valence-corrected chi connectivity index (χ3v) is 6.41. The van der Waals surface area contributed by atoms with Gasteiger partial charge in [-0.05, 0) is 66.4 Å². The third-order valence-electron chi connectivity index (χ3n) is 6.41. The lowest BCUT2D eigenvalue weighted by atomic mass is 9.87. The Morgan fingerprint density at radius 1 is 0.889 bits per heavy atom. The number of nitrogens with zero attached hydrogens (tertiary/aromatic N) is 1. The average Bonchev–Trinajstić information content (AvgIpc) is 2.92. The topological polar surface area (TPSA) is 58.6 Å². The molecule has 1 heterocycles. The molecule has 180 valence electrons. The molecule has 0 aliphatic carbocycles. The summed E-state index contributed by atoms with van der Waals surface area (Å²) in [5.41, 5.74) is 5.79. The number of anilines is 1. The minimum atomic E-state index is -0.247. The first kappa shape index (κ1) is 23.4. The predicted octanol–water partition coefficient (Wildman–Crippen LogP) is 5.80. The van der Waals surface area contributed by atoms with E-state index in [1.807, 2.05) is 89.8 Å². The fraction of sp³-hybridized carbons (Fsp3) is 0.161. The molecule has 0 radical (unpaired) electrons. The van der Waals surface area contributed by atoms with Crippen LogP contribution in [0.3, 0.4) is 0 Å². The molecule has 1 N–H and O–H groups in total. The summed E-state index contributed by atoms with van der Waals surface area (Å²) in [5, 5.41) is 2.84. The SMILES string of the molecule is Cc1cccc([C@@H]2c3cc(OCC(=O)Nc4ccccc4)ccc3CCN2C(=O)c2ccccc2)c1. The van der Waals surface area contributed by atoms with Crippen molar-refractivity contribution in [2.45, 2.75) is 19.4 Å². The van der Waals surface area contributed by atoms with E-state index in [4.69, 9.17) is 4.74 Å². The number of benzene rings is 4. The van der Waals surface area contributed by atoms with E-state index in [0.29, 0.717) is 17.9 Å². The summed E-state index contributed by atoms with van der Waals surface area (Å²) in [6.07, 6.45) is 0.755. The third kappa shape index (κ3) is 5.15. The molecule has 0 saturated heterocycles. The van der Waals surface area contributed by atoms with E-state index in [9.17, 15) is 9.59 Å². The monoisotopic (exact) mass is 476 g/mol. The van der Waals surface area contributed by atoms with Gasteiger partial charge in [-0.1, -0.05) is 72.3 Å². The molecule has 1 aliphatic heterocycles. The van der Waals surface area contributed by atoms with Gasteiger partial charge in [0.25, 0.3) is 11.8 Å². The predicted molar refractivity (Wildman–Crippen MR) is 141 cm³/mol. The van der Waals surface area contributed by atoms with Gasteiger partial charge in [-0.25, -0.2) is 0 Å². The number of fused-ring (bicyclic) bond motifs is 1. The Labute approximate surface area is 211 Å². The van der Waals surface area contributed by atoms with Gasteiger partial charge in [-0.15, -0.1) is 0 Å². The van der Waals surface area contributed by atoms with Crippen molar-refractivity contribution >= 4 is 17.5 Å². The van der Waals surface area contributed by atoms with Gasteiger partial charge in [-0.3, -0.25) is 9.59 Å². The van der Waals surface area contributed by atoms with Gasteiger partial charge in [0.2, 0.25) is 0 Å². The van der Waals surface area contributed by atoms with Gasteiger partial charge in [0, 0.05) is 17.8 Å². The summed E-state index contributed by atoms with van der Waals surface area (Å²) in [6.45, 7) is 2.58. The van der Waals surface area contributed by atoms with Gasteiger partial charge in [0.1, 0.15) is 5.75 Å². The summed E-state index contributed by atoms with van der Waals surface area (Å²) < 4.78 is 5.88. The highest BCUT2D eigenvalue weighted by molar-refractivity contribution is 5.95. The molecular formula is C31H28N2O3. The zero-order valence-corrected chi connectivity index (χ0v) is 20.2. The first-order chi connectivity index (χ1) is 17.6. The highest BCUT2D eigenvalue weighted by Gasteiger charge is 2.33. The normalized spacial score (nSPS) is 14.6. The number of aryl methyl sites for hydroxylation is 1. The lowest BCUT2D eigenvalue weighted by Gasteiger charge is -2.38. The summed E-state index contributed by atoms with van der Waals surface area (Å²) >= 11 is 0. The van der Waals surface area contributed by atoms with Crippen LogP contribution < -0.4 is 10.1 Å².